The number of benzene rings is 1. The summed E-state index contributed by atoms with van der Waals surface area (Å²) >= 11 is 0. The smallest absolute Gasteiger partial charge is 0.294 e. The maximum absolute atomic E-state index is 12.0. The molecule has 0 aliphatic carbocycles. The number of carbonyl (C=O) groups excluding carboxylic acids is 1. The number of anilines is 1. The summed E-state index contributed by atoms with van der Waals surface area (Å²) in [6, 6.07) is 4.21. The van der Waals surface area contributed by atoms with Crippen molar-refractivity contribution in [2.45, 2.75) is 18.2 Å². The third kappa shape index (κ3) is 3.83. The minimum atomic E-state index is -4.40. The van der Waals surface area contributed by atoms with Gasteiger partial charge in [0.25, 0.3) is 10.1 Å². The van der Waals surface area contributed by atoms with E-state index in [1.54, 1.807) is 6.07 Å². The first kappa shape index (κ1) is 16.9. The first-order chi connectivity index (χ1) is 9.97. The van der Waals surface area contributed by atoms with Crippen molar-refractivity contribution in [1.29, 1.82) is 0 Å². The van der Waals surface area contributed by atoms with Crippen molar-refractivity contribution >= 4 is 31.7 Å². The van der Waals surface area contributed by atoms with Crippen molar-refractivity contribution in [3.05, 3.63) is 23.8 Å². The van der Waals surface area contributed by atoms with E-state index in [4.69, 9.17) is 5.14 Å². The first-order valence-corrected chi connectivity index (χ1v) is 9.52. The monoisotopic (exact) mass is 348 g/mol. The standard InChI is InChI=1S/C12H16N2O6S2/c1-8-2-3-10(5-11(8)22(18,19)20)14-6-9(4-12(14)15)7-21(13,16)17/h2-3,5,9H,4,6-7H2,1H3,(H2,13,16,17)(H,18,19,20). The van der Waals surface area contributed by atoms with E-state index in [1.807, 2.05) is 0 Å². The zero-order valence-electron chi connectivity index (χ0n) is 11.8. The molecular weight excluding hydrogens is 332 g/mol. The zero-order chi connectivity index (χ0) is 16.7. The van der Waals surface area contributed by atoms with E-state index in [-0.39, 0.29) is 29.5 Å². The summed E-state index contributed by atoms with van der Waals surface area (Å²) in [5, 5.41) is 4.98. The summed E-state index contributed by atoms with van der Waals surface area (Å²) in [6.07, 6.45) is 0.0194. The van der Waals surface area contributed by atoms with E-state index in [1.165, 1.54) is 24.0 Å². The second-order valence-electron chi connectivity index (χ2n) is 5.33. The summed E-state index contributed by atoms with van der Waals surface area (Å²) in [5.74, 6) is -1.08. The fraction of sp³-hybridized carbons (Fsp3) is 0.417. The summed E-state index contributed by atoms with van der Waals surface area (Å²) in [5.41, 5.74) is 0.638. The van der Waals surface area contributed by atoms with Crippen LogP contribution in [0.3, 0.4) is 0 Å². The van der Waals surface area contributed by atoms with Gasteiger partial charge in [-0.15, -0.1) is 0 Å². The van der Waals surface area contributed by atoms with Crippen molar-refractivity contribution in [1.82, 2.24) is 0 Å². The van der Waals surface area contributed by atoms with E-state index in [0.717, 1.165) is 0 Å². The molecule has 122 valence electrons. The predicted octanol–water partition coefficient (Wildman–Crippen LogP) is -0.117. The van der Waals surface area contributed by atoms with Gasteiger partial charge in [0, 0.05) is 24.6 Å². The number of sulfonamides is 1. The first-order valence-electron chi connectivity index (χ1n) is 6.36. The Morgan fingerprint density at radius 3 is 2.50 bits per heavy atom. The Balaban J connectivity index is 2.32. The minimum Gasteiger partial charge on any atom is -0.312 e. The van der Waals surface area contributed by atoms with Gasteiger partial charge < -0.3 is 4.90 Å². The predicted molar refractivity (Wildman–Crippen MR) is 79.4 cm³/mol. The summed E-state index contributed by atoms with van der Waals surface area (Å²) in [7, 11) is -8.09. The Bertz CT molecular complexity index is 816. The molecule has 0 radical (unpaired) electrons. The lowest BCUT2D eigenvalue weighted by molar-refractivity contribution is -0.117. The van der Waals surface area contributed by atoms with Gasteiger partial charge in [-0.3, -0.25) is 9.35 Å². The third-order valence-electron chi connectivity index (χ3n) is 3.43. The SMILES string of the molecule is Cc1ccc(N2CC(CS(N)(=O)=O)CC2=O)cc1S(=O)(=O)O. The van der Waals surface area contributed by atoms with Crippen molar-refractivity contribution in [2.24, 2.45) is 11.1 Å². The van der Waals surface area contributed by atoms with E-state index in [0.29, 0.717) is 11.3 Å². The second kappa shape index (κ2) is 5.61. The molecule has 1 unspecified atom stereocenters. The lowest BCUT2D eigenvalue weighted by atomic mass is 10.1. The van der Waals surface area contributed by atoms with E-state index < -0.39 is 26.1 Å². The fourth-order valence-corrected chi connectivity index (χ4v) is 4.13. The largest absolute Gasteiger partial charge is 0.312 e. The number of primary sulfonamides is 1. The molecule has 1 aliphatic rings. The van der Waals surface area contributed by atoms with E-state index in [9.17, 15) is 26.2 Å². The molecule has 10 heteroatoms. The molecular formula is C12H16N2O6S2. The molecule has 1 fully saturated rings. The Hall–Kier alpha value is -1.49. The number of hydrogen-bond acceptors (Lipinski definition) is 5. The van der Waals surface area contributed by atoms with Crippen LogP contribution in [0, 0.1) is 12.8 Å². The van der Waals surface area contributed by atoms with Crippen LogP contribution in [0.4, 0.5) is 5.69 Å². The van der Waals surface area contributed by atoms with Crippen LogP contribution in [-0.2, 0) is 24.9 Å². The Labute approximate surface area is 128 Å². The van der Waals surface area contributed by atoms with Gasteiger partial charge in [0.15, 0.2) is 0 Å². The molecule has 1 heterocycles. The van der Waals surface area contributed by atoms with Crippen LogP contribution in [0.5, 0.6) is 0 Å². The lowest BCUT2D eigenvalue weighted by Crippen LogP contribution is -2.27. The van der Waals surface area contributed by atoms with Crippen LogP contribution < -0.4 is 10.0 Å². The molecule has 1 aliphatic heterocycles. The van der Waals surface area contributed by atoms with Crippen LogP contribution in [0.2, 0.25) is 0 Å². The number of nitrogens with two attached hydrogens (primary N) is 1. The van der Waals surface area contributed by atoms with Gasteiger partial charge in [-0.1, -0.05) is 6.07 Å². The van der Waals surface area contributed by atoms with Crippen molar-refractivity contribution in [3.8, 4) is 0 Å². The van der Waals surface area contributed by atoms with Crippen LogP contribution in [-0.4, -0.2) is 39.6 Å². The molecule has 0 bridgehead atoms. The highest BCUT2D eigenvalue weighted by Crippen LogP contribution is 2.28. The van der Waals surface area contributed by atoms with Crippen LogP contribution in [0.15, 0.2) is 23.1 Å². The van der Waals surface area contributed by atoms with Gasteiger partial charge in [-0.25, -0.2) is 13.6 Å². The van der Waals surface area contributed by atoms with Crippen LogP contribution in [0.25, 0.3) is 0 Å². The van der Waals surface area contributed by atoms with Gasteiger partial charge in [0.2, 0.25) is 15.9 Å². The molecule has 0 spiro atoms. The fourth-order valence-electron chi connectivity index (χ4n) is 2.51. The zero-order valence-corrected chi connectivity index (χ0v) is 13.4. The summed E-state index contributed by atoms with van der Waals surface area (Å²) in [6.45, 7) is 1.64. The highest BCUT2D eigenvalue weighted by molar-refractivity contribution is 7.89. The van der Waals surface area contributed by atoms with Gasteiger partial charge in [-0.2, -0.15) is 8.42 Å². The second-order valence-corrected chi connectivity index (χ2v) is 8.38. The molecule has 1 amide bonds. The lowest BCUT2D eigenvalue weighted by Gasteiger charge is -2.18. The van der Waals surface area contributed by atoms with Crippen molar-refractivity contribution in [3.63, 3.8) is 0 Å². The number of aryl methyl sites for hydroxylation is 1. The number of carbonyl (C=O) groups is 1. The maximum Gasteiger partial charge on any atom is 0.294 e. The quantitative estimate of drug-likeness (QED) is 0.729. The summed E-state index contributed by atoms with van der Waals surface area (Å²) in [4.78, 5) is 13.0. The van der Waals surface area contributed by atoms with Gasteiger partial charge in [-0.05, 0) is 24.6 Å². The Kier molecular flexibility index (Phi) is 4.30. The molecule has 8 nitrogen and oxygen atoms in total. The third-order valence-corrected chi connectivity index (χ3v) is 5.37. The topological polar surface area (TPSA) is 135 Å². The van der Waals surface area contributed by atoms with Gasteiger partial charge in [0.1, 0.15) is 0 Å². The molecule has 1 saturated heterocycles. The number of amides is 1. The Morgan fingerprint density at radius 1 is 1.32 bits per heavy atom. The molecule has 2 rings (SSSR count). The minimum absolute atomic E-state index is 0.0194. The van der Waals surface area contributed by atoms with Gasteiger partial charge in [0.05, 0.1) is 10.6 Å². The normalized spacial score (nSPS) is 19.7. The van der Waals surface area contributed by atoms with E-state index >= 15 is 0 Å². The Morgan fingerprint density at radius 2 is 1.95 bits per heavy atom. The van der Waals surface area contributed by atoms with Crippen LogP contribution in [0.1, 0.15) is 12.0 Å². The number of nitrogens with zero attached hydrogens (tertiary/aromatic N) is 1. The van der Waals surface area contributed by atoms with Crippen molar-refractivity contribution in [2.75, 3.05) is 17.2 Å². The molecule has 3 N–H and O–H groups in total. The van der Waals surface area contributed by atoms with Crippen LogP contribution >= 0.6 is 0 Å². The highest BCUT2D eigenvalue weighted by Gasteiger charge is 2.33. The molecule has 1 aromatic rings. The number of hydrogen-bond donors (Lipinski definition) is 2. The molecule has 1 atom stereocenters. The number of rotatable bonds is 4. The van der Waals surface area contributed by atoms with E-state index in [2.05, 4.69) is 0 Å². The van der Waals surface area contributed by atoms with Gasteiger partial charge >= 0.3 is 0 Å². The maximum atomic E-state index is 12.0. The molecule has 0 aromatic heterocycles. The molecule has 1 aromatic carbocycles. The average Bonchev–Trinajstić information content (AvgIpc) is 2.66. The summed E-state index contributed by atoms with van der Waals surface area (Å²) < 4.78 is 54.0. The molecule has 22 heavy (non-hydrogen) atoms. The highest BCUT2D eigenvalue weighted by atomic mass is 32.2. The molecule has 0 saturated carbocycles. The van der Waals surface area contributed by atoms with Crippen molar-refractivity contribution < 1.29 is 26.2 Å². The average molecular weight is 348 g/mol.